The Morgan fingerprint density at radius 1 is 1.08 bits per heavy atom. The Morgan fingerprint density at radius 2 is 1.72 bits per heavy atom. The van der Waals surface area contributed by atoms with Crippen LogP contribution in [0, 0.1) is 5.92 Å². The monoisotopic (exact) mass is 357 g/mol. The van der Waals surface area contributed by atoms with Gasteiger partial charge in [0.05, 0.1) is 32.5 Å². The van der Waals surface area contributed by atoms with E-state index < -0.39 is 6.04 Å². The van der Waals surface area contributed by atoms with E-state index in [1.165, 1.54) is 0 Å². The number of amides is 1. The van der Waals surface area contributed by atoms with Crippen LogP contribution in [0.1, 0.15) is 34.1 Å². The molecule has 0 radical (unpaired) electrons. The number of ether oxygens (including phenoxy) is 2. The molecular weight excluding hydrogens is 326 g/mol. The van der Waals surface area contributed by atoms with Gasteiger partial charge in [0.1, 0.15) is 0 Å². The van der Waals surface area contributed by atoms with E-state index in [-0.39, 0.29) is 30.1 Å². The Labute approximate surface area is 149 Å². The Kier molecular flexibility index (Phi) is 13.7. The predicted octanol–water partition coefficient (Wildman–Crippen LogP) is 1.43. The molecule has 9 heteroatoms. The summed E-state index contributed by atoms with van der Waals surface area (Å²) in [5, 5.41) is 9.23. The second kappa shape index (κ2) is 14.7. The minimum absolute atomic E-state index is 0.0398. The van der Waals surface area contributed by atoms with Gasteiger partial charge in [0, 0.05) is 36.4 Å². The number of ketones is 1. The Morgan fingerprint density at radius 3 is 2.28 bits per heavy atom. The molecule has 0 aromatic heterocycles. The molecule has 0 unspecified atom stereocenters. The number of nitrogens with zero attached hydrogens (tertiary/aromatic N) is 3. The van der Waals surface area contributed by atoms with Gasteiger partial charge >= 0.3 is 0 Å². The number of Topliss-reactive ketones (excluding diaryl/α,β-unsaturated/α-hetero) is 1. The van der Waals surface area contributed by atoms with Gasteiger partial charge in [-0.15, -0.1) is 0 Å². The van der Waals surface area contributed by atoms with Gasteiger partial charge in [0.2, 0.25) is 5.91 Å². The Balaban J connectivity index is 3.85. The number of hydrogen-bond acceptors (Lipinski definition) is 6. The highest BCUT2D eigenvalue weighted by Gasteiger charge is 2.24. The number of carbonyl (C=O) groups is 2. The lowest BCUT2D eigenvalue weighted by atomic mass is 9.98. The molecule has 144 valence electrons. The molecule has 0 aliphatic carbocycles. The van der Waals surface area contributed by atoms with E-state index in [0.717, 1.165) is 0 Å². The van der Waals surface area contributed by atoms with E-state index in [1.54, 1.807) is 0 Å². The maximum Gasteiger partial charge on any atom is 0.222 e. The second-order valence-electron chi connectivity index (χ2n) is 6.16. The van der Waals surface area contributed by atoms with Crippen molar-refractivity contribution in [2.45, 2.75) is 46.2 Å². The van der Waals surface area contributed by atoms with Crippen molar-refractivity contribution in [2.75, 3.05) is 39.5 Å². The average molecular weight is 357 g/mol. The van der Waals surface area contributed by atoms with Crippen molar-refractivity contribution in [1.82, 2.24) is 10.6 Å². The number of carbonyl (C=O) groups excluding carboxylic acids is 2. The largest absolute Gasteiger partial charge is 0.379 e. The highest BCUT2D eigenvalue weighted by molar-refractivity contribution is 5.90. The maximum absolute atomic E-state index is 12.1. The molecule has 0 rings (SSSR count). The van der Waals surface area contributed by atoms with Crippen LogP contribution in [0.2, 0.25) is 0 Å². The molecule has 0 fully saturated rings. The van der Waals surface area contributed by atoms with Crippen molar-refractivity contribution < 1.29 is 19.1 Å². The van der Waals surface area contributed by atoms with Gasteiger partial charge in [0.25, 0.3) is 0 Å². The molecule has 0 heterocycles. The zero-order chi connectivity index (χ0) is 19.1. The SMILES string of the molecule is CC(C)N[C@@H](CC(=O)NCCOCCOCCN=[N+]=[N-])C(=O)C(C)C. The van der Waals surface area contributed by atoms with Crippen LogP contribution in [0.25, 0.3) is 10.4 Å². The van der Waals surface area contributed by atoms with Gasteiger partial charge in [-0.3, -0.25) is 9.59 Å². The number of nitrogens with one attached hydrogen (secondary N) is 2. The molecule has 0 aromatic rings. The third-order valence-electron chi connectivity index (χ3n) is 3.18. The van der Waals surface area contributed by atoms with Crippen molar-refractivity contribution in [3.8, 4) is 0 Å². The van der Waals surface area contributed by atoms with Gasteiger partial charge in [-0.2, -0.15) is 0 Å². The lowest BCUT2D eigenvalue weighted by molar-refractivity contribution is -0.129. The standard InChI is InChI=1S/C16H31N5O4/c1-12(2)16(23)14(20-13(3)4)11-15(22)18-5-7-24-9-10-25-8-6-19-21-17/h12-14,20H,5-11H2,1-4H3,(H,18,22)/t14-/m0/s1. The van der Waals surface area contributed by atoms with E-state index in [2.05, 4.69) is 20.7 Å². The molecule has 1 atom stereocenters. The smallest absolute Gasteiger partial charge is 0.222 e. The van der Waals surface area contributed by atoms with E-state index in [9.17, 15) is 9.59 Å². The molecule has 0 bridgehead atoms. The third kappa shape index (κ3) is 13.3. The van der Waals surface area contributed by atoms with E-state index in [0.29, 0.717) is 39.5 Å². The van der Waals surface area contributed by atoms with Crippen LogP contribution in [-0.2, 0) is 19.1 Å². The summed E-state index contributed by atoms with van der Waals surface area (Å²) in [6, 6.07) is -0.340. The molecule has 0 aromatic carbocycles. The van der Waals surface area contributed by atoms with Crippen molar-refractivity contribution >= 4 is 11.7 Å². The van der Waals surface area contributed by atoms with Crippen LogP contribution in [0.5, 0.6) is 0 Å². The fourth-order valence-corrected chi connectivity index (χ4v) is 2.04. The molecule has 2 N–H and O–H groups in total. The predicted molar refractivity (Wildman–Crippen MR) is 95.2 cm³/mol. The third-order valence-corrected chi connectivity index (χ3v) is 3.18. The van der Waals surface area contributed by atoms with Gasteiger partial charge < -0.3 is 20.1 Å². The van der Waals surface area contributed by atoms with Gasteiger partial charge in [-0.1, -0.05) is 32.8 Å². The first-order chi connectivity index (χ1) is 11.9. The Hall–Kier alpha value is -1.67. The summed E-state index contributed by atoms with van der Waals surface area (Å²) in [5.74, 6) is -0.259. The molecule has 0 spiro atoms. The lowest BCUT2D eigenvalue weighted by Gasteiger charge is -2.21. The molecule has 0 aliphatic heterocycles. The van der Waals surface area contributed by atoms with Crippen molar-refractivity contribution in [3.63, 3.8) is 0 Å². The van der Waals surface area contributed by atoms with Crippen LogP contribution in [0.4, 0.5) is 0 Å². The van der Waals surface area contributed by atoms with Crippen LogP contribution in [0.3, 0.4) is 0 Å². The lowest BCUT2D eigenvalue weighted by Crippen LogP contribution is -2.46. The summed E-state index contributed by atoms with van der Waals surface area (Å²) in [4.78, 5) is 26.7. The van der Waals surface area contributed by atoms with Gasteiger partial charge in [-0.05, 0) is 5.53 Å². The topological polar surface area (TPSA) is 125 Å². The van der Waals surface area contributed by atoms with E-state index in [1.807, 2.05) is 27.7 Å². The van der Waals surface area contributed by atoms with Crippen LogP contribution < -0.4 is 10.6 Å². The average Bonchev–Trinajstić information content (AvgIpc) is 2.54. The summed E-state index contributed by atoms with van der Waals surface area (Å²) in [6.07, 6.45) is 0.123. The minimum Gasteiger partial charge on any atom is -0.379 e. The summed E-state index contributed by atoms with van der Waals surface area (Å²) in [6.45, 7) is 9.75. The van der Waals surface area contributed by atoms with E-state index >= 15 is 0 Å². The zero-order valence-corrected chi connectivity index (χ0v) is 15.7. The Bertz CT molecular complexity index is 436. The first-order valence-corrected chi connectivity index (χ1v) is 8.61. The number of azide groups is 1. The quantitative estimate of drug-likeness (QED) is 0.198. The van der Waals surface area contributed by atoms with Gasteiger partial charge in [0.15, 0.2) is 5.78 Å². The van der Waals surface area contributed by atoms with E-state index in [4.69, 9.17) is 15.0 Å². The van der Waals surface area contributed by atoms with Crippen molar-refractivity contribution in [2.24, 2.45) is 11.0 Å². The van der Waals surface area contributed by atoms with Gasteiger partial charge in [-0.25, -0.2) is 0 Å². The maximum atomic E-state index is 12.1. The van der Waals surface area contributed by atoms with Crippen molar-refractivity contribution in [3.05, 3.63) is 10.4 Å². The van der Waals surface area contributed by atoms with Crippen LogP contribution in [0.15, 0.2) is 5.11 Å². The molecule has 25 heavy (non-hydrogen) atoms. The van der Waals surface area contributed by atoms with Crippen molar-refractivity contribution in [1.29, 1.82) is 0 Å². The van der Waals surface area contributed by atoms with Crippen LogP contribution in [-0.4, -0.2) is 63.3 Å². The number of rotatable bonds is 15. The second-order valence-corrected chi connectivity index (χ2v) is 6.16. The molecule has 0 saturated carbocycles. The number of hydrogen-bond donors (Lipinski definition) is 2. The zero-order valence-electron chi connectivity index (χ0n) is 15.7. The first kappa shape index (κ1) is 23.3. The normalized spacial score (nSPS) is 12.1. The molecule has 9 nitrogen and oxygen atoms in total. The highest BCUT2D eigenvalue weighted by atomic mass is 16.5. The fraction of sp³-hybridized carbons (Fsp3) is 0.875. The summed E-state index contributed by atoms with van der Waals surface area (Å²) in [5.41, 5.74) is 8.09. The minimum atomic E-state index is -0.467. The molecule has 1 amide bonds. The fourth-order valence-electron chi connectivity index (χ4n) is 2.04. The van der Waals surface area contributed by atoms with Crippen LogP contribution >= 0.6 is 0 Å². The summed E-state index contributed by atoms with van der Waals surface area (Å²) >= 11 is 0. The highest BCUT2D eigenvalue weighted by Crippen LogP contribution is 2.05. The summed E-state index contributed by atoms with van der Waals surface area (Å²) in [7, 11) is 0. The summed E-state index contributed by atoms with van der Waals surface area (Å²) < 4.78 is 10.5. The molecular formula is C16H31N5O4. The molecule has 0 aliphatic rings. The molecule has 0 saturated heterocycles. The first-order valence-electron chi connectivity index (χ1n) is 8.61.